The van der Waals surface area contributed by atoms with Gasteiger partial charge >= 0.3 is 0 Å². The van der Waals surface area contributed by atoms with E-state index in [-0.39, 0.29) is 17.5 Å². The molecule has 0 aliphatic carbocycles. The minimum Gasteiger partial charge on any atom is -0.384 e. The Morgan fingerprint density at radius 1 is 1.55 bits per heavy atom. The third-order valence-corrected chi connectivity index (χ3v) is 6.84. The summed E-state index contributed by atoms with van der Waals surface area (Å²) in [5, 5.41) is 6.56. The van der Waals surface area contributed by atoms with Crippen LogP contribution in [0.4, 0.5) is 5.82 Å². The zero-order valence-electron chi connectivity index (χ0n) is 10.8. The highest BCUT2D eigenvalue weighted by atomic mass is 79.9. The maximum Gasteiger partial charge on any atom is 0.152 e. The molecule has 2 N–H and O–H groups in total. The Balaban J connectivity index is 2.02. The van der Waals surface area contributed by atoms with Gasteiger partial charge in [0.1, 0.15) is 5.82 Å². The first-order valence-corrected chi connectivity index (χ1v) is 9.66. The van der Waals surface area contributed by atoms with E-state index in [9.17, 15) is 8.42 Å². The second-order valence-electron chi connectivity index (χ2n) is 5.00. The third kappa shape index (κ3) is 2.40. The Bertz CT molecular complexity index is 764. The first-order chi connectivity index (χ1) is 9.37. The Kier molecular flexibility index (Phi) is 3.42. The van der Waals surface area contributed by atoms with Crippen LogP contribution in [0.2, 0.25) is 0 Å². The van der Waals surface area contributed by atoms with Crippen molar-refractivity contribution >= 4 is 42.9 Å². The Hall–Kier alpha value is -0.860. The number of hydrogen-bond donors (Lipinski definition) is 1. The molecule has 1 aliphatic rings. The van der Waals surface area contributed by atoms with Crippen LogP contribution in [0.1, 0.15) is 18.0 Å². The minimum atomic E-state index is -2.95. The topological polar surface area (TPSA) is 78.0 Å². The van der Waals surface area contributed by atoms with Crippen molar-refractivity contribution in [3.63, 3.8) is 0 Å². The SMILES string of the molecule is Cc1c(-c2csc(Br)c2)nn(C2CCS(=O)(=O)C2)c1N. The van der Waals surface area contributed by atoms with Crippen LogP contribution in [0.3, 0.4) is 0 Å². The van der Waals surface area contributed by atoms with E-state index in [0.29, 0.717) is 12.2 Å². The summed E-state index contributed by atoms with van der Waals surface area (Å²) in [6.07, 6.45) is 0.584. The van der Waals surface area contributed by atoms with E-state index in [2.05, 4.69) is 21.0 Å². The lowest BCUT2D eigenvalue weighted by atomic mass is 10.1. The molecule has 2 aromatic rings. The summed E-state index contributed by atoms with van der Waals surface area (Å²) in [7, 11) is -2.95. The molecule has 2 aromatic heterocycles. The van der Waals surface area contributed by atoms with Crippen molar-refractivity contribution in [2.45, 2.75) is 19.4 Å². The van der Waals surface area contributed by atoms with Gasteiger partial charge in [0.05, 0.1) is 27.0 Å². The number of thiophene rings is 1. The maximum absolute atomic E-state index is 11.6. The van der Waals surface area contributed by atoms with Gasteiger partial charge in [-0.15, -0.1) is 11.3 Å². The van der Waals surface area contributed by atoms with Gasteiger partial charge in [-0.1, -0.05) is 0 Å². The molecule has 1 atom stereocenters. The molecular weight excluding hydrogens is 362 g/mol. The predicted molar refractivity (Wildman–Crippen MR) is 84.7 cm³/mol. The number of nitrogens with zero attached hydrogens (tertiary/aromatic N) is 2. The second kappa shape index (κ2) is 4.85. The largest absolute Gasteiger partial charge is 0.384 e. The van der Waals surface area contributed by atoms with Crippen LogP contribution in [-0.2, 0) is 9.84 Å². The molecule has 0 saturated carbocycles. The molecular formula is C12H14BrN3O2S2. The van der Waals surface area contributed by atoms with Gasteiger partial charge in [-0.3, -0.25) is 0 Å². The van der Waals surface area contributed by atoms with Crippen molar-refractivity contribution in [2.75, 3.05) is 17.2 Å². The average Bonchev–Trinajstić information content (AvgIpc) is 3.01. The van der Waals surface area contributed by atoms with Crippen molar-refractivity contribution in [3.05, 3.63) is 20.8 Å². The summed E-state index contributed by atoms with van der Waals surface area (Å²) in [6, 6.07) is 1.85. The molecule has 3 heterocycles. The number of halogens is 1. The Labute approximate surface area is 129 Å². The summed E-state index contributed by atoms with van der Waals surface area (Å²) >= 11 is 5.02. The van der Waals surface area contributed by atoms with Crippen LogP contribution in [0.5, 0.6) is 0 Å². The summed E-state index contributed by atoms with van der Waals surface area (Å²) in [5.41, 5.74) is 8.85. The highest BCUT2D eigenvalue weighted by Gasteiger charge is 2.31. The van der Waals surface area contributed by atoms with E-state index in [1.165, 1.54) is 0 Å². The molecule has 1 unspecified atom stereocenters. The monoisotopic (exact) mass is 375 g/mol. The lowest BCUT2D eigenvalue weighted by molar-refractivity contribution is 0.508. The van der Waals surface area contributed by atoms with Gasteiger partial charge in [0.25, 0.3) is 0 Å². The molecule has 0 spiro atoms. The lowest BCUT2D eigenvalue weighted by Gasteiger charge is -2.10. The first kappa shape index (κ1) is 14.1. The highest BCUT2D eigenvalue weighted by Crippen LogP contribution is 2.35. The van der Waals surface area contributed by atoms with Gasteiger partial charge in [0, 0.05) is 16.5 Å². The van der Waals surface area contributed by atoms with Crippen molar-refractivity contribution < 1.29 is 8.42 Å². The van der Waals surface area contributed by atoms with Gasteiger partial charge in [-0.05, 0) is 35.3 Å². The number of rotatable bonds is 2. The van der Waals surface area contributed by atoms with E-state index in [1.54, 1.807) is 16.0 Å². The van der Waals surface area contributed by atoms with E-state index < -0.39 is 9.84 Å². The lowest BCUT2D eigenvalue weighted by Crippen LogP contribution is -2.14. The average molecular weight is 376 g/mol. The van der Waals surface area contributed by atoms with Crippen molar-refractivity contribution in [3.8, 4) is 11.3 Å². The van der Waals surface area contributed by atoms with E-state index in [0.717, 1.165) is 20.6 Å². The van der Waals surface area contributed by atoms with Gasteiger partial charge in [-0.2, -0.15) is 5.10 Å². The highest BCUT2D eigenvalue weighted by molar-refractivity contribution is 9.11. The van der Waals surface area contributed by atoms with Gasteiger partial charge < -0.3 is 5.73 Å². The van der Waals surface area contributed by atoms with Gasteiger partial charge in [0.15, 0.2) is 9.84 Å². The minimum absolute atomic E-state index is 0.130. The molecule has 20 heavy (non-hydrogen) atoms. The number of nitrogens with two attached hydrogens (primary N) is 1. The zero-order chi connectivity index (χ0) is 14.5. The van der Waals surface area contributed by atoms with Crippen LogP contribution >= 0.6 is 27.3 Å². The summed E-state index contributed by atoms with van der Waals surface area (Å²) in [5.74, 6) is 0.907. The van der Waals surface area contributed by atoms with E-state index >= 15 is 0 Å². The summed E-state index contributed by atoms with van der Waals surface area (Å²) < 4.78 is 25.9. The van der Waals surface area contributed by atoms with Crippen molar-refractivity contribution in [2.24, 2.45) is 0 Å². The predicted octanol–water partition coefficient (Wildman–Crippen LogP) is 2.62. The molecule has 0 bridgehead atoms. The number of nitrogen functional groups attached to an aromatic ring is 1. The fraction of sp³-hybridized carbons (Fsp3) is 0.417. The van der Waals surface area contributed by atoms with Crippen LogP contribution in [0.25, 0.3) is 11.3 Å². The number of hydrogen-bond acceptors (Lipinski definition) is 5. The van der Waals surface area contributed by atoms with Crippen molar-refractivity contribution in [1.82, 2.24) is 9.78 Å². The number of sulfone groups is 1. The summed E-state index contributed by atoms with van der Waals surface area (Å²) in [4.78, 5) is 0. The van der Waals surface area contributed by atoms with Gasteiger partial charge in [-0.25, -0.2) is 13.1 Å². The van der Waals surface area contributed by atoms with Crippen LogP contribution < -0.4 is 5.73 Å². The molecule has 0 aromatic carbocycles. The fourth-order valence-electron chi connectivity index (χ4n) is 2.48. The molecule has 3 rings (SSSR count). The molecule has 0 amide bonds. The van der Waals surface area contributed by atoms with Crippen LogP contribution in [0.15, 0.2) is 15.2 Å². The molecule has 0 radical (unpaired) electrons. The maximum atomic E-state index is 11.6. The first-order valence-electron chi connectivity index (χ1n) is 6.17. The molecule has 5 nitrogen and oxygen atoms in total. The van der Waals surface area contributed by atoms with Crippen LogP contribution in [-0.4, -0.2) is 29.7 Å². The molecule has 1 aliphatic heterocycles. The number of aromatic nitrogens is 2. The normalized spacial score (nSPS) is 21.4. The fourth-order valence-corrected chi connectivity index (χ4v) is 5.32. The quantitative estimate of drug-likeness (QED) is 0.874. The van der Waals surface area contributed by atoms with Crippen molar-refractivity contribution in [1.29, 1.82) is 0 Å². The smallest absolute Gasteiger partial charge is 0.152 e. The standard InChI is InChI=1S/C12H14BrN3O2S2/c1-7-11(8-4-10(13)19-5-8)15-16(12(7)14)9-2-3-20(17,18)6-9/h4-5,9H,2-3,6,14H2,1H3. The molecule has 8 heteroatoms. The Morgan fingerprint density at radius 2 is 2.30 bits per heavy atom. The van der Waals surface area contributed by atoms with Crippen LogP contribution in [0, 0.1) is 6.92 Å². The van der Waals surface area contributed by atoms with E-state index in [1.807, 2.05) is 18.4 Å². The summed E-state index contributed by atoms with van der Waals surface area (Å²) in [6.45, 7) is 1.92. The van der Waals surface area contributed by atoms with Gasteiger partial charge in [0.2, 0.25) is 0 Å². The molecule has 1 fully saturated rings. The number of anilines is 1. The zero-order valence-corrected chi connectivity index (χ0v) is 14.1. The third-order valence-electron chi connectivity index (χ3n) is 3.59. The second-order valence-corrected chi connectivity index (χ2v) is 9.52. The van der Waals surface area contributed by atoms with E-state index in [4.69, 9.17) is 5.73 Å². The molecule has 1 saturated heterocycles. The Morgan fingerprint density at radius 3 is 2.85 bits per heavy atom. The molecule has 108 valence electrons.